The number of benzene rings is 3. The van der Waals surface area contributed by atoms with Crippen molar-refractivity contribution in [2.24, 2.45) is 0 Å². The molecule has 0 N–H and O–H groups in total. The molecule has 0 saturated heterocycles. The molecule has 6 rings (SSSR count). The van der Waals surface area contributed by atoms with Crippen LogP contribution in [0, 0.1) is 0 Å². The van der Waals surface area contributed by atoms with Gasteiger partial charge in [-0.1, -0.05) is 36.4 Å². The van der Waals surface area contributed by atoms with Gasteiger partial charge in [-0.15, -0.1) is 35.3 Å². The summed E-state index contributed by atoms with van der Waals surface area (Å²) in [5.41, 5.74) is 5.65. The number of hydrogen-bond donors (Lipinski definition) is 0. The van der Waals surface area contributed by atoms with Crippen molar-refractivity contribution < 1.29 is 4.74 Å². The molecule has 0 aliphatic carbocycles. The summed E-state index contributed by atoms with van der Waals surface area (Å²) in [4.78, 5) is 4.34. The molecule has 3 heterocycles. The summed E-state index contributed by atoms with van der Waals surface area (Å²) in [7, 11) is 0. The monoisotopic (exact) mass is 434 g/mol. The van der Waals surface area contributed by atoms with Gasteiger partial charge in [0.2, 0.25) is 0 Å². The Morgan fingerprint density at radius 2 is 1.69 bits per heavy atom. The summed E-state index contributed by atoms with van der Waals surface area (Å²) >= 11 is 6.06. The Labute approximate surface area is 185 Å². The van der Waals surface area contributed by atoms with E-state index in [-0.39, 0.29) is 6.10 Å². The summed E-state index contributed by atoms with van der Waals surface area (Å²) in [5, 5.41) is 0.525. The van der Waals surface area contributed by atoms with Gasteiger partial charge in [-0.05, 0) is 65.1 Å². The summed E-state index contributed by atoms with van der Waals surface area (Å²) in [6.07, 6.45) is 3.67. The van der Waals surface area contributed by atoms with E-state index in [1.54, 1.807) is 5.56 Å². The molecule has 0 bridgehead atoms. The first kappa shape index (κ1) is 18.3. The number of thioether (sulfide) groups is 3. The Bertz CT molecular complexity index is 1050. The highest BCUT2D eigenvalue weighted by atomic mass is 32.2. The van der Waals surface area contributed by atoms with Crippen molar-refractivity contribution in [2.75, 3.05) is 11.5 Å². The molecule has 0 aromatic heterocycles. The van der Waals surface area contributed by atoms with Crippen molar-refractivity contribution in [3.8, 4) is 5.75 Å². The van der Waals surface area contributed by atoms with Gasteiger partial charge < -0.3 is 4.74 Å². The van der Waals surface area contributed by atoms with E-state index in [0.717, 1.165) is 17.9 Å². The first-order valence-corrected chi connectivity index (χ1v) is 13.1. The van der Waals surface area contributed by atoms with Gasteiger partial charge in [0.25, 0.3) is 0 Å². The van der Waals surface area contributed by atoms with Gasteiger partial charge in [-0.3, -0.25) is 0 Å². The highest BCUT2D eigenvalue weighted by Crippen LogP contribution is 2.50. The van der Waals surface area contributed by atoms with Crippen LogP contribution in [0.2, 0.25) is 0 Å². The fourth-order valence-electron chi connectivity index (χ4n) is 4.38. The van der Waals surface area contributed by atoms with Gasteiger partial charge in [0, 0.05) is 32.1 Å². The normalized spacial score (nSPS) is 22.3. The van der Waals surface area contributed by atoms with Crippen LogP contribution in [0.1, 0.15) is 40.0 Å². The molecule has 1 nitrogen and oxygen atoms in total. The topological polar surface area (TPSA) is 9.23 Å². The van der Waals surface area contributed by atoms with Crippen molar-refractivity contribution in [3.05, 3.63) is 82.9 Å². The van der Waals surface area contributed by atoms with Gasteiger partial charge in [-0.25, -0.2) is 0 Å². The van der Waals surface area contributed by atoms with Crippen LogP contribution in [0.5, 0.6) is 5.75 Å². The first-order chi connectivity index (χ1) is 14.3. The molecule has 2 atom stereocenters. The predicted molar refractivity (Wildman–Crippen MR) is 125 cm³/mol. The Hall–Kier alpha value is -1.49. The van der Waals surface area contributed by atoms with Crippen LogP contribution in [0.3, 0.4) is 0 Å². The van der Waals surface area contributed by atoms with E-state index in [0.29, 0.717) is 5.25 Å². The molecule has 3 aromatic carbocycles. The number of fused-ring (bicyclic) bond motifs is 3. The van der Waals surface area contributed by atoms with E-state index in [4.69, 9.17) is 4.74 Å². The second-order valence-electron chi connectivity index (χ2n) is 7.86. The largest absolute Gasteiger partial charge is 0.485 e. The highest BCUT2D eigenvalue weighted by Gasteiger charge is 2.27. The molecule has 3 aromatic rings. The maximum absolute atomic E-state index is 6.24. The third-order valence-electron chi connectivity index (χ3n) is 5.96. The molecule has 0 spiro atoms. The SMILES string of the molecule is c1ccc2c(c1)CC(c1ccc3c(c1)SC(c1ccc4c(c1)SCCC4)CS3)O2. The van der Waals surface area contributed by atoms with Gasteiger partial charge in [-0.2, -0.15) is 0 Å². The summed E-state index contributed by atoms with van der Waals surface area (Å²) in [6.45, 7) is 0. The number of para-hydroxylation sites is 1. The van der Waals surface area contributed by atoms with Crippen molar-refractivity contribution in [1.29, 1.82) is 0 Å². The molecule has 2 unspecified atom stereocenters. The zero-order valence-corrected chi connectivity index (χ0v) is 18.5. The molecule has 3 aliphatic heterocycles. The number of rotatable bonds is 2. The second-order valence-corrected chi connectivity index (χ2v) is 11.3. The maximum atomic E-state index is 6.24. The fourth-order valence-corrected chi connectivity index (χ4v) is 8.13. The first-order valence-electron chi connectivity index (χ1n) is 10.3. The van der Waals surface area contributed by atoms with E-state index in [1.807, 2.05) is 35.3 Å². The van der Waals surface area contributed by atoms with Gasteiger partial charge >= 0.3 is 0 Å². The molecule has 0 fully saturated rings. The fraction of sp³-hybridized carbons (Fsp3) is 0.280. The van der Waals surface area contributed by atoms with Crippen LogP contribution in [0.15, 0.2) is 75.4 Å². The molecule has 0 saturated carbocycles. The molecule has 3 aliphatic rings. The van der Waals surface area contributed by atoms with Crippen molar-refractivity contribution >= 4 is 35.3 Å². The van der Waals surface area contributed by atoms with E-state index in [9.17, 15) is 0 Å². The average molecular weight is 435 g/mol. The van der Waals surface area contributed by atoms with Gasteiger partial charge in [0.15, 0.2) is 0 Å². The lowest BCUT2D eigenvalue weighted by Gasteiger charge is -2.26. The third kappa shape index (κ3) is 3.49. The Morgan fingerprint density at radius 3 is 2.66 bits per heavy atom. The minimum atomic E-state index is 0.142. The lowest BCUT2D eigenvalue weighted by Crippen LogP contribution is -2.07. The van der Waals surface area contributed by atoms with Crippen molar-refractivity contribution in [2.45, 2.75) is 45.3 Å². The van der Waals surface area contributed by atoms with E-state index < -0.39 is 0 Å². The maximum Gasteiger partial charge on any atom is 0.128 e. The van der Waals surface area contributed by atoms with Gasteiger partial charge in [0.1, 0.15) is 11.9 Å². The summed E-state index contributed by atoms with van der Waals surface area (Å²) < 4.78 is 6.24. The van der Waals surface area contributed by atoms with E-state index in [1.165, 1.54) is 50.0 Å². The van der Waals surface area contributed by atoms with Crippen LogP contribution in [0.4, 0.5) is 0 Å². The molecule has 4 heteroatoms. The molecule has 146 valence electrons. The second kappa shape index (κ2) is 7.64. The van der Waals surface area contributed by atoms with Crippen molar-refractivity contribution in [1.82, 2.24) is 0 Å². The molecule has 29 heavy (non-hydrogen) atoms. The zero-order chi connectivity index (χ0) is 19.2. The molecule has 0 radical (unpaired) electrons. The zero-order valence-electron chi connectivity index (χ0n) is 16.1. The number of aryl methyl sites for hydroxylation is 1. The molecule has 0 amide bonds. The lowest BCUT2D eigenvalue weighted by molar-refractivity contribution is 0.238. The Kier molecular flexibility index (Phi) is 4.82. The third-order valence-corrected chi connectivity index (χ3v) is 9.96. The Morgan fingerprint density at radius 1 is 0.793 bits per heavy atom. The van der Waals surface area contributed by atoms with Crippen LogP contribution in [-0.2, 0) is 12.8 Å². The van der Waals surface area contributed by atoms with Crippen LogP contribution in [-0.4, -0.2) is 11.5 Å². The van der Waals surface area contributed by atoms with Crippen LogP contribution >= 0.6 is 35.3 Å². The number of hydrogen-bond acceptors (Lipinski definition) is 4. The highest BCUT2D eigenvalue weighted by molar-refractivity contribution is 8.05. The van der Waals surface area contributed by atoms with E-state index >= 15 is 0 Å². The van der Waals surface area contributed by atoms with E-state index in [2.05, 4.69) is 60.7 Å². The standard InChI is InChI=1S/C25H22OS3/c1-2-6-20-17(4-1)12-21(26-20)18-9-10-22-24(13-18)29-25(15-28-22)19-8-7-16-5-3-11-27-23(16)14-19/h1-2,4,6-10,13-14,21,25H,3,5,11-12,15H2. The summed E-state index contributed by atoms with van der Waals surface area (Å²) in [5.74, 6) is 3.45. The number of ether oxygens (including phenoxy) is 1. The van der Waals surface area contributed by atoms with Crippen molar-refractivity contribution in [3.63, 3.8) is 0 Å². The Balaban J connectivity index is 1.25. The molecular formula is C25H22OS3. The van der Waals surface area contributed by atoms with Crippen LogP contribution < -0.4 is 4.74 Å². The van der Waals surface area contributed by atoms with Gasteiger partial charge in [0.05, 0.1) is 0 Å². The minimum absolute atomic E-state index is 0.142. The van der Waals surface area contributed by atoms with Crippen LogP contribution in [0.25, 0.3) is 0 Å². The smallest absolute Gasteiger partial charge is 0.128 e. The minimum Gasteiger partial charge on any atom is -0.485 e. The summed E-state index contributed by atoms with van der Waals surface area (Å²) in [6, 6.07) is 22.6. The lowest BCUT2D eigenvalue weighted by atomic mass is 10.0. The molecular weight excluding hydrogens is 412 g/mol. The predicted octanol–water partition coefficient (Wildman–Crippen LogP) is 7.34. The quantitative estimate of drug-likeness (QED) is 0.417. The average Bonchev–Trinajstić information content (AvgIpc) is 3.22.